The third-order valence-corrected chi connectivity index (χ3v) is 8.49. The van der Waals surface area contributed by atoms with E-state index in [1.54, 1.807) is 31.2 Å². The van der Waals surface area contributed by atoms with Crippen molar-refractivity contribution in [3.05, 3.63) is 53.2 Å². The molecule has 2 N–H and O–H groups in total. The molecule has 0 aliphatic carbocycles. The van der Waals surface area contributed by atoms with E-state index in [1.807, 2.05) is 11.8 Å². The zero-order chi connectivity index (χ0) is 30.3. The first-order valence-electron chi connectivity index (χ1n) is 14.6. The fourth-order valence-electron chi connectivity index (χ4n) is 6.32. The number of piperidine rings is 1. The van der Waals surface area contributed by atoms with Crippen LogP contribution in [0.25, 0.3) is 32.9 Å². The van der Waals surface area contributed by atoms with Crippen molar-refractivity contribution < 1.29 is 13.5 Å². The van der Waals surface area contributed by atoms with Crippen molar-refractivity contribution in [1.82, 2.24) is 19.9 Å². The molecule has 6 rings (SSSR count). The quantitative estimate of drug-likeness (QED) is 0.323. The SMILES string of the molecule is C#Cc1c(F)ccc2cccc(-c3nc(C#CC)c4c(N5CCCC(C)(N)C5)nc(OC[C@@H]5CCCN5C)nc4c3F)c12. The molecular weight excluding hydrogens is 546 g/mol. The van der Waals surface area contributed by atoms with Gasteiger partial charge in [0.05, 0.1) is 10.9 Å². The summed E-state index contributed by atoms with van der Waals surface area (Å²) in [5.41, 5.74) is 6.84. The lowest BCUT2D eigenvalue weighted by Crippen LogP contribution is -2.52. The molecule has 2 aliphatic heterocycles. The molecule has 2 atom stereocenters. The number of nitrogens with zero attached hydrogens (tertiary/aromatic N) is 5. The fourth-order valence-corrected chi connectivity index (χ4v) is 6.32. The molecule has 0 bridgehead atoms. The van der Waals surface area contributed by atoms with E-state index in [0.717, 1.165) is 32.2 Å². The molecule has 4 aromatic rings. The molecule has 2 fully saturated rings. The number of aromatic nitrogens is 3. The first-order valence-corrected chi connectivity index (χ1v) is 14.6. The Morgan fingerprint density at radius 1 is 1.12 bits per heavy atom. The summed E-state index contributed by atoms with van der Waals surface area (Å²) in [7, 11) is 2.06. The minimum Gasteiger partial charge on any atom is -0.462 e. The van der Waals surface area contributed by atoms with E-state index in [2.05, 4.69) is 34.7 Å². The zero-order valence-corrected chi connectivity index (χ0v) is 24.7. The summed E-state index contributed by atoms with van der Waals surface area (Å²) in [6, 6.07) is 8.48. The number of nitrogens with two attached hydrogens (primary N) is 1. The predicted molar refractivity (Wildman–Crippen MR) is 166 cm³/mol. The van der Waals surface area contributed by atoms with Crippen LogP contribution in [0.4, 0.5) is 14.6 Å². The first-order chi connectivity index (χ1) is 20.7. The summed E-state index contributed by atoms with van der Waals surface area (Å²) in [5, 5.41) is 1.46. The van der Waals surface area contributed by atoms with Gasteiger partial charge in [-0.1, -0.05) is 36.1 Å². The van der Waals surface area contributed by atoms with Gasteiger partial charge in [0.15, 0.2) is 5.82 Å². The topological polar surface area (TPSA) is 80.4 Å². The Bertz CT molecular complexity index is 1840. The molecule has 4 heterocycles. The second kappa shape index (κ2) is 11.4. The van der Waals surface area contributed by atoms with Crippen molar-refractivity contribution in [3.63, 3.8) is 0 Å². The molecule has 1 unspecified atom stereocenters. The van der Waals surface area contributed by atoms with E-state index in [1.165, 1.54) is 6.07 Å². The van der Waals surface area contributed by atoms with Gasteiger partial charge in [0, 0.05) is 35.6 Å². The predicted octanol–water partition coefficient (Wildman–Crippen LogP) is 5.27. The lowest BCUT2D eigenvalue weighted by Gasteiger charge is -2.39. The van der Waals surface area contributed by atoms with E-state index >= 15 is 4.39 Å². The highest BCUT2D eigenvalue weighted by Crippen LogP contribution is 2.39. The number of ether oxygens (including phenoxy) is 1. The van der Waals surface area contributed by atoms with Crippen LogP contribution in [-0.4, -0.2) is 64.7 Å². The molecule has 2 aliphatic rings. The van der Waals surface area contributed by atoms with Crippen LogP contribution in [-0.2, 0) is 0 Å². The number of likely N-dealkylation sites (N-methyl/N-ethyl adjacent to an activating group) is 1. The van der Waals surface area contributed by atoms with Crippen molar-refractivity contribution in [2.45, 2.75) is 51.1 Å². The summed E-state index contributed by atoms with van der Waals surface area (Å²) in [5.74, 6) is 7.63. The normalized spacial score (nSPS) is 20.7. The molecule has 0 radical (unpaired) electrons. The van der Waals surface area contributed by atoms with E-state index in [-0.39, 0.29) is 28.8 Å². The fraction of sp³-hybridized carbons (Fsp3) is 0.382. The van der Waals surface area contributed by atoms with Crippen LogP contribution in [0.2, 0.25) is 0 Å². The summed E-state index contributed by atoms with van der Waals surface area (Å²) in [4.78, 5) is 18.5. The molecule has 220 valence electrons. The van der Waals surface area contributed by atoms with Gasteiger partial charge >= 0.3 is 6.01 Å². The Morgan fingerprint density at radius 2 is 1.95 bits per heavy atom. The number of fused-ring (bicyclic) bond motifs is 2. The Hall–Kier alpha value is -4.31. The van der Waals surface area contributed by atoms with Crippen molar-refractivity contribution in [2.24, 2.45) is 5.73 Å². The van der Waals surface area contributed by atoms with Gasteiger partial charge in [-0.25, -0.2) is 13.8 Å². The van der Waals surface area contributed by atoms with Crippen molar-refractivity contribution in [3.8, 4) is 41.5 Å². The van der Waals surface area contributed by atoms with Gasteiger partial charge in [-0.15, -0.1) is 6.42 Å². The number of pyridine rings is 1. The van der Waals surface area contributed by atoms with E-state index in [9.17, 15) is 4.39 Å². The molecule has 9 heteroatoms. The van der Waals surface area contributed by atoms with Crippen LogP contribution in [0.5, 0.6) is 6.01 Å². The van der Waals surface area contributed by atoms with Crippen LogP contribution in [0.3, 0.4) is 0 Å². The second-order valence-corrected chi connectivity index (χ2v) is 11.8. The van der Waals surface area contributed by atoms with Crippen molar-refractivity contribution in [1.29, 1.82) is 0 Å². The Labute approximate surface area is 250 Å². The number of likely N-dealkylation sites (tertiary alicyclic amines) is 1. The van der Waals surface area contributed by atoms with Crippen molar-refractivity contribution in [2.75, 3.05) is 38.2 Å². The van der Waals surface area contributed by atoms with Crippen LogP contribution < -0.4 is 15.4 Å². The number of terminal acetylenes is 1. The Balaban J connectivity index is 1.61. The highest BCUT2D eigenvalue weighted by atomic mass is 19.1. The Kier molecular flexibility index (Phi) is 7.64. The third kappa shape index (κ3) is 5.35. The average molecular weight is 581 g/mol. The van der Waals surface area contributed by atoms with Gasteiger partial charge in [-0.05, 0) is 70.5 Å². The molecule has 43 heavy (non-hydrogen) atoms. The highest BCUT2D eigenvalue weighted by Gasteiger charge is 2.32. The summed E-state index contributed by atoms with van der Waals surface area (Å²) in [6.45, 7) is 6.26. The van der Waals surface area contributed by atoms with Crippen LogP contribution in [0.1, 0.15) is 50.8 Å². The molecule has 0 amide bonds. The number of hydrogen-bond acceptors (Lipinski definition) is 7. The number of anilines is 1. The van der Waals surface area contributed by atoms with Gasteiger partial charge in [0.1, 0.15) is 35.1 Å². The van der Waals surface area contributed by atoms with Crippen LogP contribution in [0.15, 0.2) is 30.3 Å². The largest absolute Gasteiger partial charge is 0.462 e. The number of hydrogen-bond donors (Lipinski definition) is 1. The van der Waals surface area contributed by atoms with Crippen LogP contribution in [0, 0.1) is 35.8 Å². The minimum absolute atomic E-state index is 0.0219. The second-order valence-electron chi connectivity index (χ2n) is 11.8. The van der Waals surface area contributed by atoms with E-state index in [4.69, 9.17) is 26.9 Å². The number of rotatable bonds is 5. The maximum Gasteiger partial charge on any atom is 0.319 e. The third-order valence-electron chi connectivity index (χ3n) is 8.49. The lowest BCUT2D eigenvalue weighted by molar-refractivity contribution is 0.188. The summed E-state index contributed by atoms with van der Waals surface area (Å²) in [6.07, 6.45) is 9.52. The van der Waals surface area contributed by atoms with E-state index in [0.29, 0.717) is 52.9 Å². The van der Waals surface area contributed by atoms with Crippen molar-refractivity contribution >= 4 is 27.5 Å². The smallest absolute Gasteiger partial charge is 0.319 e. The summed E-state index contributed by atoms with van der Waals surface area (Å²) < 4.78 is 37.9. The molecule has 0 saturated carbocycles. The van der Waals surface area contributed by atoms with Gasteiger partial charge in [-0.2, -0.15) is 9.97 Å². The lowest BCUT2D eigenvalue weighted by atomic mass is 9.92. The van der Waals surface area contributed by atoms with Crippen LogP contribution >= 0.6 is 0 Å². The molecule has 2 aromatic heterocycles. The average Bonchev–Trinajstić information content (AvgIpc) is 3.40. The van der Waals surface area contributed by atoms with Gasteiger partial charge in [0.2, 0.25) is 0 Å². The summed E-state index contributed by atoms with van der Waals surface area (Å²) >= 11 is 0. The molecule has 0 spiro atoms. The minimum atomic E-state index is -0.685. The maximum absolute atomic E-state index is 16.9. The van der Waals surface area contributed by atoms with Gasteiger partial charge in [-0.3, -0.25) is 0 Å². The Morgan fingerprint density at radius 3 is 2.67 bits per heavy atom. The standard InChI is InChI=1S/C34H34F2N6O/c1-5-10-26-28-31(29(36)30(38-26)24-13-7-11-21-14-15-25(35)23(6-2)27(21)24)39-33(43-19-22-12-8-17-41(22)4)40-32(28)42-18-9-16-34(3,37)20-42/h2,7,11,13-15,22H,8-9,12,16-20,37H2,1,3-4H3/t22-,34?/m0/s1. The maximum atomic E-state index is 16.9. The molecular formula is C34H34F2N6O. The van der Waals surface area contributed by atoms with Gasteiger partial charge < -0.3 is 20.3 Å². The highest BCUT2D eigenvalue weighted by molar-refractivity contribution is 6.03. The molecule has 2 saturated heterocycles. The number of benzene rings is 2. The zero-order valence-electron chi connectivity index (χ0n) is 24.7. The number of halogens is 2. The van der Waals surface area contributed by atoms with E-state index < -0.39 is 17.2 Å². The monoisotopic (exact) mass is 580 g/mol. The molecule has 2 aromatic carbocycles. The first kappa shape index (κ1) is 28.8. The van der Waals surface area contributed by atoms with Gasteiger partial charge in [0.25, 0.3) is 0 Å². The molecule has 7 nitrogen and oxygen atoms in total.